The summed E-state index contributed by atoms with van der Waals surface area (Å²) in [5.41, 5.74) is 4.46. The van der Waals surface area contributed by atoms with Crippen LogP contribution in [0.3, 0.4) is 0 Å². The Bertz CT molecular complexity index is 1120. The van der Waals surface area contributed by atoms with Gasteiger partial charge in [0.15, 0.2) is 0 Å². The predicted octanol–water partition coefficient (Wildman–Crippen LogP) is 7.20. The quantitative estimate of drug-likeness (QED) is 0.415. The normalized spacial score (nSPS) is 12.5. The Hall–Kier alpha value is -2.53. The minimum Gasteiger partial charge on any atom is -0.543 e. The van der Waals surface area contributed by atoms with Crippen molar-refractivity contribution in [3.63, 3.8) is 0 Å². The van der Waals surface area contributed by atoms with Gasteiger partial charge >= 0.3 is 5.97 Å². The van der Waals surface area contributed by atoms with Crippen LogP contribution in [-0.4, -0.2) is 24.0 Å². The van der Waals surface area contributed by atoms with E-state index in [1.165, 1.54) is 5.56 Å². The standard InChI is InChI=1S/C26H35NO3Si/c1-17(2)21-15-19(13-14-23(21)30-31(7,8)26(4,5)6)16-27-18(3)24(25(28)29)20-11-9-10-12-22(20)27/h9-15,17H,16H2,1-8H3,(H,28,29). The summed E-state index contributed by atoms with van der Waals surface area (Å²) in [5, 5.41) is 10.7. The Labute approximate surface area is 187 Å². The zero-order valence-electron chi connectivity index (χ0n) is 20.0. The fourth-order valence-electron chi connectivity index (χ4n) is 3.76. The second-order valence-electron chi connectivity index (χ2n) is 10.3. The molecule has 0 saturated carbocycles. The molecule has 31 heavy (non-hydrogen) atoms. The third-order valence-electron chi connectivity index (χ3n) is 6.65. The molecule has 3 aromatic rings. The van der Waals surface area contributed by atoms with Crippen molar-refractivity contribution in [3.8, 4) is 5.75 Å². The van der Waals surface area contributed by atoms with Gasteiger partial charge in [-0.15, -0.1) is 0 Å². The summed E-state index contributed by atoms with van der Waals surface area (Å²) >= 11 is 0. The van der Waals surface area contributed by atoms with Crippen molar-refractivity contribution >= 4 is 25.2 Å². The maximum absolute atomic E-state index is 11.9. The zero-order valence-corrected chi connectivity index (χ0v) is 21.0. The summed E-state index contributed by atoms with van der Waals surface area (Å²) in [4.78, 5) is 11.9. The van der Waals surface area contributed by atoms with E-state index in [9.17, 15) is 9.90 Å². The molecular formula is C26H35NO3Si. The Morgan fingerprint density at radius 3 is 2.35 bits per heavy atom. The molecule has 5 heteroatoms. The average molecular weight is 438 g/mol. The molecule has 0 fully saturated rings. The van der Waals surface area contributed by atoms with E-state index in [4.69, 9.17) is 4.43 Å². The van der Waals surface area contributed by atoms with Gasteiger partial charge in [-0.3, -0.25) is 0 Å². The molecule has 0 atom stereocenters. The molecule has 1 heterocycles. The Kier molecular flexibility index (Phi) is 6.11. The van der Waals surface area contributed by atoms with E-state index in [0.717, 1.165) is 27.9 Å². The van der Waals surface area contributed by atoms with Gasteiger partial charge in [0.2, 0.25) is 8.32 Å². The summed E-state index contributed by atoms with van der Waals surface area (Å²) in [7, 11) is -1.94. The number of fused-ring (bicyclic) bond motifs is 1. The highest BCUT2D eigenvalue weighted by molar-refractivity contribution is 6.74. The van der Waals surface area contributed by atoms with E-state index in [2.05, 4.69) is 70.5 Å². The molecule has 0 saturated heterocycles. The highest BCUT2D eigenvalue weighted by Gasteiger charge is 2.39. The van der Waals surface area contributed by atoms with Gasteiger partial charge in [0, 0.05) is 23.1 Å². The number of aromatic carboxylic acids is 1. The van der Waals surface area contributed by atoms with Gasteiger partial charge in [0.25, 0.3) is 0 Å². The maximum atomic E-state index is 11.9. The molecule has 0 unspecified atom stereocenters. The molecule has 2 aromatic carbocycles. The smallest absolute Gasteiger partial charge is 0.338 e. The molecule has 0 bridgehead atoms. The lowest BCUT2D eigenvalue weighted by atomic mass is 9.99. The van der Waals surface area contributed by atoms with E-state index >= 15 is 0 Å². The molecule has 0 aliphatic carbocycles. The minimum atomic E-state index is -1.94. The molecule has 0 aliphatic heterocycles. The van der Waals surface area contributed by atoms with E-state index in [1.807, 2.05) is 31.2 Å². The van der Waals surface area contributed by atoms with Crippen LogP contribution in [-0.2, 0) is 6.54 Å². The van der Waals surface area contributed by atoms with E-state index in [-0.39, 0.29) is 5.04 Å². The summed E-state index contributed by atoms with van der Waals surface area (Å²) in [6, 6.07) is 14.2. The van der Waals surface area contributed by atoms with Crippen LogP contribution in [0.5, 0.6) is 5.75 Å². The Morgan fingerprint density at radius 2 is 1.77 bits per heavy atom. The number of nitrogens with zero attached hydrogens (tertiary/aromatic N) is 1. The van der Waals surface area contributed by atoms with Crippen LogP contribution in [0.15, 0.2) is 42.5 Å². The van der Waals surface area contributed by atoms with Crippen molar-refractivity contribution in [2.75, 3.05) is 0 Å². The van der Waals surface area contributed by atoms with Crippen LogP contribution in [0.1, 0.15) is 67.7 Å². The number of benzene rings is 2. The summed E-state index contributed by atoms with van der Waals surface area (Å²) in [6.45, 7) is 18.2. The number of hydrogen-bond donors (Lipinski definition) is 1. The first-order valence-electron chi connectivity index (χ1n) is 11.0. The van der Waals surface area contributed by atoms with Crippen LogP contribution in [0, 0.1) is 6.92 Å². The number of carboxylic acid groups (broad SMARTS) is 1. The molecule has 166 valence electrons. The first-order chi connectivity index (χ1) is 14.3. The third-order valence-corrected chi connectivity index (χ3v) is 11.0. The molecule has 1 N–H and O–H groups in total. The van der Waals surface area contributed by atoms with Gasteiger partial charge in [0.05, 0.1) is 5.56 Å². The summed E-state index contributed by atoms with van der Waals surface area (Å²) < 4.78 is 8.75. The fourth-order valence-corrected chi connectivity index (χ4v) is 4.80. The number of para-hydroxylation sites is 1. The average Bonchev–Trinajstić information content (AvgIpc) is 2.93. The molecular weight excluding hydrogens is 402 g/mol. The van der Waals surface area contributed by atoms with Crippen molar-refractivity contribution in [2.45, 2.75) is 72.1 Å². The number of carbonyl (C=O) groups is 1. The number of aromatic nitrogens is 1. The molecule has 4 nitrogen and oxygen atoms in total. The van der Waals surface area contributed by atoms with Crippen LogP contribution in [0.2, 0.25) is 18.1 Å². The second kappa shape index (κ2) is 8.19. The lowest BCUT2D eigenvalue weighted by molar-refractivity contribution is 0.0698. The highest BCUT2D eigenvalue weighted by atomic mass is 28.4. The highest BCUT2D eigenvalue weighted by Crippen LogP contribution is 2.40. The molecule has 1 aromatic heterocycles. The van der Waals surface area contributed by atoms with Gasteiger partial charge in [-0.2, -0.15) is 0 Å². The Morgan fingerprint density at radius 1 is 1.13 bits per heavy atom. The largest absolute Gasteiger partial charge is 0.543 e. The first-order valence-corrected chi connectivity index (χ1v) is 13.9. The van der Waals surface area contributed by atoms with Gasteiger partial charge < -0.3 is 14.1 Å². The van der Waals surface area contributed by atoms with Crippen molar-refractivity contribution in [3.05, 3.63) is 64.8 Å². The molecule has 0 amide bonds. The number of rotatable bonds is 6. The van der Waals surface area contributed by atoms with E-state index in [0.29, 0.717) is 18.0 Å². The lowest BCUT2D eigenvalue weighted by Gasteiger charge is -2.37. The van der Waals surface area contributed by atoms with E-state index < -0.39 is 14.3 Å². The minimum absolute atomic E-state index is 0.133. The summed E-state index contributed by atoms with van der Waals surface area (Å²) in [6.07, 6.45) is 0. The lowest BCUT2D eigenvalue weighted by Crippen LogP contribution is -2.44. The van der Waals surface area contributed by atoms with Crippen molar-refractivity contribution < 1.29 is 14.3 Å². The first kappa shape index (κ1) is 23.1. The zero-order chi connectivity index (χ0) is 23.1. The monoisotopic (exact) mass is 437 g/mol. The SMILES string of the molecule is Cc1c(C(=O)O)c2ccccc2n1Cc1ccc(O[Si](C)(C)C(C)(C)C)c(C(C)C)c1. The number of hydrogen-bond acceptors (Lipinski definition) is 2. The van der Waals surface area contributed by atoms with Crippen LogP contribution in [0.25, 0.3) is 10.9 Å². The molecule has 3 rings (SSSR count). The van der Waals surface area contributed by atoms with Crippen LogP contribution < -0.4 is 4.43 Å². The van der Waals surface area contributed by atoms with Gasteiger partial charge in [-0.05, 0) is 54.2 Å². The third kappa shape index (κ3) is 4.42. The molecule has 0 spiro atoms. The second-order valence-corrected chi connectivity index (χ2v) is 15.0. The van der Waals surface area contributed by atoms with E-state index in [1.54, 1.807) is 0 Å². The predicted molar refractivity (Wildman–Crippen MR) is 131 cm³/mol. The van der Waals surface area contributed by atoms with Crippen LogP contribution >= 0.6 is 0 Å². The van der Waals surface area contributed by atoms with Crippen molar-refractivity contribution in [2.24, 2.45) is 0 Å². The topological polar surface area (TPSA) is 51.5 Å². The van der Waals surface area contributed by atoms with Crippen LogP contribution in [0.4, 0.5) is 0 Å². The van der Waals surface area contributed by atoms with Crippen molar-refractivity contribution in [1.82, 2.24) is 4.57 Å². The summed E-state index contributed by atoms with van der Waals surface area (Å²) in [5.74, 6) is 0.427. The van der Waals surface area contributed by atoms with Crippen molar-refractivity contribution in [1.29, 1.82) is 0 Å². The Balaban J connectivity index is 2.04. The fraction of sp³-hybridized carbons (Fsp3) is 0.423. The van der Waals surface area contributed by atoms with Gasteiger partial charge in [0.1, 0.15) is 5.75 Å². The van der Waals surface area contributed by atoms with Gasteiger partial charge in [-0.25, -0.2) is 4.79 Å². The van der Waals surface area contributed by atoms with Gasteiger partial charge in [-0.1, -0.05) is 65.0 Å². The maximum Gasteiger partial charge on any atom is 0.338 e. The number of carboxylic acids is 1. The molecule has 0 aliphatic rings. The molecule has 0 radical (unpaired) electrons.